The topological polar surface area (TPSA) is 46.3 Å². The molecule has 17 heavy (non-hydrogen) atoms. The molecule has 0 aliphatic heterocycles. The molecular formula is C14H25NO2. The van der Waals surface area contributed by atoms with E-state index in [0.717, 1.165) is 12.8 Å². The van der Waals surface area contributed by atoms with E-state index in [0.29, 0.717) is 5.76 Å². The quantitative estimate of drug-likeness (QED) is 0.621. The number of rotatable bonds is 10. The van der Waals surface area contributed by atoms with Crippen molar-refractivity contribution < 1.29 is 9.63 Å². The number of aliphatic hydroxyl groups excluding tert-OH is 1. The lowest BCUT2D eigenvalue weighted by molar-refractivity contribution is 0.127. The van der Waals surface area contributed by atoms with Crippen LogP contribution in [0.4, 0.5) is 0 Å². The maximum Gasteiger partial charge on any atom is 0.165 e. The number of aromatic nitrogens is 1. The summed E-state index contributed by atoms with van der Waals surface area (Å²) in [6.07, 6.45) is 12.2. The van der Waals surface area contributed by atoms with Crippen LogP contribution in [-0.2, 0) is 0 Å². The van der Waals surface area contributed by atoms with E-state index in [1.807, 2.05) is 0 Å². The molecule has 0 aliphatic rings. The summed E-state index contributed by atoms with van der Waals surface area (Å²) < 4.78 is 4.92. The van der Waals surface area contributed by atoms with Gasteiger partial charge in [-0.15, -0.1) is 0 Å². The minimum absolute atomic E-state index is 0.474. The summed E-state index contributed by atoms with van der Waals surface area (Å²) in [5.41, 5.74) is 0. The molecule has 0 aromatic carbocycles. The normalized spacial score (nSPS) is 12.8. The minimum Gasteiger partial charge on any atom is -0.385 e. The number of unbranched alkanes of at least 4 members (excludes halogenated alkanes) is 7. The molecule has 0 amide bonds. The fraction of sp³-hybridized carbons (Fsp3) is 0.786. The van der Waals surface area contributed by atoms with Gasteiger partial charge >= 0.3 is 0 Å². The Balaban J connectivity index is 1.90. The van der Waals surface area contributed by atoms with Gasteiger partial charge in [0.1, 0.15) is 6.10 Å². The summed E-state index contributed by atoms with van der Waals surface area (Å²) in [4.78, 5) is 0. The molecule has 3 heteroatoms. The Morgan fingerprint density at radius 3 is 2.35 bits per heavy atom. The maximum absolute atomic E-state index is 9.75. The lowest BCUT2D eigenvalue weighted by atomic mass is 10.0. The van der Waals surface area contributed by atoms with E-state index in [2.05, 4.69) is 12.1 Å². The zero-order valence-electron chi connectivity index (χ0n) is 10.9. The number of hydrogen-bond acceptors (Lipinski definition) is 3. The van der Waals surface area contributed by atoms with E-state index in [4.69, 9.17) is 4.52 Å². The fourth-order valence-electron chi connectivity index (χ4n) is 2.01. The van der Waals surface area contributed by atoms with Gasteiger partial charge in [0.05, 0.1) is 6.20 Å². The first-order valence-corrected chi connectivity index (χ1v) is 6.93. The first kappa shape index (κ1) is 14.2. The van der Waals surface area contributed by atoms with Crippen molar-refractivity contribution >= 4 is 0 Å². The summed E-state index contributed by atoms with van der Waals surface area (Å²) in [5.74, 6) is 0.591. The van der Waals surface area contributed by atoms with Crippen molar-refractivity contribution in [3.8, 4) is 0 Å². The molecule has 1 aromatic heterocycles. The molecule has 0 aliphatic carbocycles. The molecule has 0 saturated carbocycles. The second-order valence-corrected chi connectivity index (χ2v) is 4.69. The summed E-state index contributed by atoms with van der Waals surface area (Å²) in [6, 6.07) is 1.73. The number of hydrogen-bond donors (Lipinski definition) is 1. The Labute approximate surface area is 104 Å². The van der Waals surface area contributed by atoms with Gasteiger partial charge in [0.25, 0.3) is 0 Å². The van der Waals surface area contributed by atoms with Crippen molar-refractivity contribution in [3.63, 3.8) is 0 Å². The van der Waals surface area contributed by atoms with Gasteiger partial charge in [0, 0.05) is 6.07 Å². The Hall–Kier alpha value is -0.830. The third-order valence-corrected chi connectivity index (χ3v) is 3.12. The smallest absolute Gasteiger partial charge is 0.165 e. The molecule has 0 radical (unpaired) electrons. The molecule has 3 nitrogen and oxygen atoms in total. The molecule has 1 unspecified atom stereocenters. The van der Waals surface area contributed by atoms with Crippen LogP contribution in [0.15, 0.2) is 16.8 Å². The van der Waals surface area contributed by atoms with E-state index in [1.165, 1.54) is 44.9 Å². The predicted molar refractivity (Wildman–Crippen MR) is 68.7 cm³/mol. The zero-order chi connectivity index (χ0) is 12.3. The first-order chi connectivity index (χ1) is 8.34. The van der Waals surface area contributed by atoms with Crippen LogP contribution in [0.2, 0.25) is 0 Å². The molecule has 1 N–H and O–H groups in total. The second kappa shape index (κ2) is 9.23. The van der Waals surface area contributed by atoms with Crippen LogP contribution in [0, 0.1) is 0 Å². The van der Waals surface area contributed by atoms with Crippen molar-refractivity contribution in [1.29, 1.82) is 0 Å². The van der Waals surface area contributed by atoms with E-state index in [-0.39, 0.29) is 0 Å². The van der Waals surface area contributed by atoms with Gasteiger partial charge in [-0.2, -0.15) is 0 Å². The molecule has 1 atom stereocenters. The Bertz CT molecular complexity index is 259. The molecule has 1 rings (SSSR count). The largest absolute Gasteiger partial charge is 0.385 e. The highest BCUT2D eigenvalue weighted by atomic mass is 16.5. The Kier molecular flexibility index (Phi) is 7.72. The molecular weight excluding hydrogens is 214 g/mol. The monoisotopic (exact) mass is 239 g/mol. The molecule has 0 fully saturated rings. The number of nitrogens with zero attached hydrogens (tertiary/aromatic N) is 1. The highest BCUT2D eigenvalue weighted by Gasteiger charge is 2.10. The third-order valence-electron chi connectivity index (χ3n) is 3.12. The molecule has 0 spiro atoms. The van der Waals surface area contributed by atoms with E-state index in [1.54, 1.807) is 12.3 Å². The summed E-state index contributed by atoms with van der Waals surface area (Å²) in [7, 11) is 0. The standard InChI is InChI=1S/C14H25NO2/c1-2-3-4-5-6-7-8-9-10-13(16)14-11-12-15-17-14/h11-13,16H,2-10H2,1H3. The van der Waals surface area contributed by atoms with Crippen LogP contribution in [0.1, 0.15) is 76.6 Å². The molecule has 0 bridgehead atoms. The SMILES string of the molecule is CCCCCCCCCCC(O)c1ccno1. The van der Waals surface area contributed by atoms with Gasteiger partial charge in [0.2, 0.25) is 0 Å². The van der Waals surface area contributed by atoms with Crippen LogP contribution in [0.25, 0.3) is 0 Å². The van der Waals surface area contributed by atoms with Crippen molar-refractivity contribution in [2.24, 2.45) is 0 Å². The van der Waals surface area contributed by atoms with E-state index >= 15 is 0 Å². The molecule has 98 valence electrons. The van der Waals surface area contributed by atoms with Gasteiger partial charge in [-0.05, 0) is 6.42 Å². The van der Waals surface area contributed by atoms with Crippen LogP contribution in [0.5, 0.6) is 0 Å². The number of aliphatic hydroxyl groups is 1. The summed E-state index contributed by atoms with van der Waals surface area (Å²) in [6.45, 7) is 2.24. The second-order valence-electron chi connectivity index (χ2n) is 4.69. The van der Waals surface area contributed by atoms with Crippen LogP contribution in [0.3, 0.4) is 0 Å². The van der Waals surface area contributed by atoms with E-state index in [9.17, 15) is 5.11 Å². The fourth-order valence-corrected chi connectivity index (χ4v) is 2.01. The van der Waals surface area contributed by atoms with Gasteiger partial charge in [-0.1, -0.05) is 63.4 Å². The summed E-state index contributed by atoms with van der Waals surface area (Å²) in [5, 5.41) is 13.3. The zero-order valence-corrected chi connectivity index (χ0v) is 10.9. The van der Waals surface area contributed by atoms with Crippen molar-refractivity contribution in [1.82, 2.24) is 5.16 Å². The lowest BCUT2D eigenvalue weighted by Crippen LogP contribution is -1.95. The minimum atomic E-state index is -0.474. The van der Waals surface area contributed by atoms with Crippen LogP contribution >= 0.6 is 0 Å². The Morgan fingerprint density at radius 2 is 1.76 bits per heavy atom. The average Bonchev–Trinajstić information content (AvgIpc) is 2.86. The third kappa shape index (κ3) is 6.47. The van der Waals surface area contributed by atoms with Crippen molar-refractivity contribution in [2.45, 2.75) is 70.8 Å². The van der Waals surface area contributed by atoms with E-state index < -0.39 is 6.10 Å². The summed E-state index contributed by atoms with van der Waals surface area (Å²) >= 11 is 0. The van der Waals surface area contributed by atoms with Gasteiger partial charge in [0.15, 0.2) is 5.76 Å². The molecule has 1 aromatic rings. The first-order valence-electron chi connectivity index (χ1n) is 6.93. The molecule has 0 saturated heterocycles. The van der Waals surface area contributed by atoms with Crippen LogP contribution in [-0.4, -0.2) is 10.3 Å². The van der Waals surface area contributed by atoms with Crippen molar-refractivity contribution in [2.75, 3.05) is 0 Å². The van der Waals surface area contributed by atoms with Gasteiger partial charge in [-0.25, -0.2) is 0 Å². The van der Waals surface area contributed by atoms with Gasteiger partial charge < -0.3 is 9.63 Å². The Morgan fingerprint density at radius 1 is 1.12 bits per heavy atom. The van der Waals surface area contributed by atoms with Crippen LogP contribution < -0.4 is 0 Å². The lowest BCUT2D eigenvalue weighted by Gasteiger charge is -2.06. The maximum atomic E-state index is 9.75. The van der Waals surface area contributed by atoms with Gasteiger partial charge in [-0.3, -0.25) is 0 Å². The highest BCUT2D eigenvalue weighted by molar-refractivity contribution is 4.96. The van der Waals surface area contributed by atoms with Crippen molar-refractivity contribution in [3.05, 3.63) is 18.0 Å². The highest BCUT2D eigenvalue weighted by Crippen LogP contribution is 2.19. The average molecular weight is 239 g/mol. The predicted octanol–water partition coefficient (Wildman–Crippen LogP) is 4.24. The molecule has 1 heterocycles.